The minimum absolute atomic E-state index is 0.592. The van der Waals surface area contributed by atoms with Crippen molar-refractivity contribution in [2.45, 2.75) is 25.8 Å². The molecule has 1 aromatic heterocycles. The Labute approximate surface area is 124 Å². The highest BCUT2D eigenvalue weighted by Gasteiger charge is 2.23. The van der Waals surface area contributed by atoms with Crippen molar-refractivity contribution in [2.75, 3.05) is 26.2 Å². The highest BCUT2D eigenvalue weighted by molar-refractivity contribution is 9.13. The molecule has 2 heterocycles. The third-order valence-corrected chi connectivity index (χ3v) is 6.50. The molecular formula is C12H18Br2N2S. The Kier molecular flexibility index (Phi) is 5.49. The minimum atomic E-state index is 0.592. The van der Waals surface area contributed by atoms with Crippen molar-refractivity contribution in [3.63, 3.8) is 0 Å². The van der Waals surface area contributed by atoms with Crippen LogP contribution < -0.4 is 5.32 Å². The molecule has 2 rings (SSSR count). The Morgan fingerprint density at radius 1 is 1.41 bits per heavy atom. The van der Waals surface area contributed by atoms with Crippen molar-refractivity contribution in [2.24, 2.45) is 0 Å². The van der Waals surface area contributed by atoms with E-state index in [2.05, 4.69) is 55.1 Å². The Morgan fingerprint density at radius 3 is 2.65 bits per heavy atom. The lowest BCUT2D eigenvalue weighted by atomic mass is 10.1. The molecule has 0 saturated carbocycles. The van der Waals surface area contributed by atoms with Gasteiger partial charge < -0.3 is 5.32 Å². The summed E-state index contributed by atoms with van der Waals surface area (Å²) >= 11 is 9.06. The average molecular weight is 382 g/mol. The first-order valence-corrected chi connectivity index (χ1v) is 8.52. The van der Waals surface area contributed by atoms with Crippen LogP contribution in [0.3, 0.4) is 0 Å². The normalized spacial score (nSPS) is 19.5. The summed E-state index contributed by atoms with van der Waals surface area (Å²) in [6.45, 7) is 6.84. The number of nitrogens with zero attached hydrogens (tertiary/aromatic N) is 1. The summed E-state index contributed by atoms with van der Waals surface area (Å²) in [7, 11) is 0. The molecule has 0 radical (unpaired) electrons. The molecule has 5 heteroatoms. The summed E-state index contributed by atoms with van der Waals surface area (Å²) in [5.41, 5.74) is 0. The quantitative estimate of drug-likeness (QED) is 0.847. The second kappa shape index (κ2) is 6.66. The van der Waals surface area contributed by atoms with Crippen molar-refractivity contribution < 1.29 is 0 Å². The zero-order valence-corrected chi connectivity index (χ0v) is 14.0. The van der Waals surface area contributed by atoms with Crippen molar-refractivity contribution >= 4 is 43.2 Å². The third-order valence-electron chi connectivity index (χ3n) is 3.15. The van der Waals surface area contributed by atoms with E-state index >= 15 is 0 Å². The average Bonchev–Trinajstić information content (AvgIpc) is 2.67. The Morgan fingerprint density at radius 2 is 2.12 bits per heavy atom. The van der Waals surface area contributed by atoms with Crippen LogP contribution >= 0.6 is 43.2 Å². The molecule has 2 nitrogen and oxygen atoms in total. The van der Waals surface area contributed by atoms with Crippen molar-refractivity contribution in [1.29, 1.82) is 0 Å². The third kappa shape index (κ3) is 3.53. The predicted molar refractivity (Wildman–Crippen MR) is 81.8 cm³/mol. The summed E-state index contributed by atoms with van der Waals surface area (Å²) in [6, 6.07) is 2.87. The molecule has 1 fully saturated rings. The second-order valence-electron chi connectivity index (χ2n) is 4.36. The van der Waals surface area contributed by atoms with Gasteiger partial charge in [-0.1, -0.05) is 13.3 Å². The molecular weight excluding hydrogens is 364 g/mol. The topological polar surface area (TPSA) is 15.3 Å². The van der Waals surface area contributed by atoms with Gasteiger partial charge in [-0.15, -0.1) is 11.3 Å². The van der Waals surface area contributed by atoms with Gasteiger partial charge in [-0.05, 0) is 44.3 Å². The maximum Gasteiger partial charge on any atom is 0.0843 e. The van der Waals surface area contributed by atoms with E-state index < -0.39 is 0 Å². The molecule has 0 bridgehead atoms. The van der Waals surface area contributed by atoms with Gasteiger partial charge in [0.15, 0.2) is 0 Å². The van der Waals surface area contributed by atoms with Gasteiger partial charge in [0.1, 0.15) is 0 Å². The van der Waals surface area contributed by atoms with E-state index in [4.69, 9.17) is 0 Å². The first-order valence-electron chi connectivity index (χ1n) is 6.12. The second-order valence-corrected chi connectivity index (χ2v) is 7.62. The van der Waals surface area contributed by atoms with E-state index in [0.29, 0.717) is 6.04 Å². The maximum absolute atomic E-state index is 3.60. The first-order chi connectivity index (χ1) is 8.22. The summed E-state index contributed by atoms with van der Waals surface area (Å²) in [5.74, 6) is 0. The molecule has 0 spiro atoms. The zero-order chi connectivity index (χ0) is 12.3. The Hall–Kier alpha value is 0.580. The summed E-state index contributed by atoms with van der Waals surface area (Å²) in [4.78, 5) is 4.09. The number of thiophene rings is 1. The Bertz CT molecular complexity index is 342. The SMILES string of the molecule is CCC[C@@H](c1cc(Br)c(Br)s1)N1CCNCC1. The molecule has 96 valence electrons. The van der Waals surface area contributed by atoms with Gasteiger partial charge in [-0.2, -0.15) is 0 Å². The van der Waals surface area contributed by atoms with E-state index in [1.807, 2.05) is 11.3 Å². The Balaban J connectivity index is 2.15. The van der Waals surface area contributed by atoms with Gasteiger partial charge in [0.05, 0.1) is 3.79 Å². The van der Waals surface area contributed by atoms with Crippen LogP contribution in [-0.4, -0.2) is 31.1 Å². The van der Waals surface area contributed by atoms with Crippen LogP contribution in [0.2, 0.25) is 0 Å². The fraction of sp³-hybridized carbons (Fsp3) is 0.667. The van der Waals surface area contributed by atoms with E-state index in [-0.39, 0.29) is 0 Å². The van der Waals surface area contributed by atoms with E-state index in [9.17, 15) is 0 Å². The molecule has 1 saturated heterocycles. The molecule has 0 aliphatic carbocycles. The lowest BCUT2D eigenvalue weighted by molar-refractivity contribution is 0.167. The summed E-state index contributed by atoms with van der Waals surface area (Å²) < 4.78 is 2.40. The van der Waals surface area contributed by atoms with E-state index in [1.165, 1.54) is 26.0 Å². The van der Waals surface area contributed by atoms with Gasteiger partial charge >= 0.3 is 0 Å². The van der Waals surface area contributed by atoms with Crippen LogP contribution in [0.5, 0.6) is 0 Å². The van der Waals surface area contributed by atoms with E-state index in [0.717, 1.165) is 26.2 Å². The highest BCUT2D eigenvalue weighted by atomic mass is 79.9. The number of halogens is 2. The number of rotatable bonds is 4. The molecule has 1 N–H and O–H groups in total. The fourth-order valence-corrected chi connectivity index (χ4v) is 4.56. The highest BCUT2D eigenvalue weighted by Crippen LogP contribution is 2.39. The number of hydrogen-bond acceptors (Lipinski definition) is 3. The minimum Gasteiger partial charge on any atom is -0.314 e. The van der Waals surface area contributed by atoms with Gasteiger partial charge in [-0.3, -0.25) is 4.90 Å². The summed E-state index contributed by atoms with van der Waals surface area (Å²) in [6.07, 6.45) is 2.49. The van der Waals surface area contributed by atoms with Gasteiger partial charge in [0, 0.05) is 41.6 Å². The zero-order valence-electron chi connectivity index (χ0n) is 10.0. The van der Waals surface area contributed by atoms with Crippen LogP contribution in [0.15, 0.2) is 14.3 Å². The van der Waals surface area contributed by atoms with Crippen LogP contribution in [0, 0.1) is 0 Å². The van der Waals surface area contributed by atoms with Crippen LogP contribution in [0.25, 0.3) is 0 Å². The first kappa shape index (κ1) is 14.0. The molecule has 1 aliphatic rings. The standard InChI is InChI=1S/C12H18Br2N2S/c1-2-3-10(16-6-4-15-5-7-16)11-8-9(13)12(14)17-11/h8,10,15H,2-7H2,1H3/t10-/m0/s1. The molecule has 0 amide bonds. The van der Waals surface area contributed by atoms with Crippen LogP contribution in [0.1, 0.15) is 30.7 Å². The monoisotopic (exact) mass is 380 g/mol. The van der Waals surface area contributed by atoms with Crippen molar-refractivity contribution in [1.82, 2.24) is 10.2 Å². The van der Waals surface area contributed by atoms with E-state index in [1.54, 1.807) is 0 Å². The summed E-state index contributed by atoms with van der Waals surface area (Å²) in [5, 5.41) is 3.42. The maximum atomic E-state index is 3.60. The molecule has 0 unspecified atom stereocenters. The lowest BCUT2D eigenvalue weighted by Crippen LogP contribution is -2.45. The number of hydrogen-bond donors (Lipinski definition) is 1. The van der Waals surface area contributed by atoms with Gasteiger partial charge in [0.2, 0.25) is 0 Å². The fourth-order valence-electron chi connectivity index (χ4n) is 2.30. The number of nitrogens with one attached hydrogen (secondary N) is 1. The van der Waals surface area contributed by atoms with Crippen LogP contribution in [-0.2, 0) is 0 Å². The smallest absolute Gasteiger partial charge is 0.0843 e. The van der Waals surface area contributed by atoms with Gasteiger partial charge in [-0.25, -0.2) is 0 Å². The molecule has 1 aromatic rings. The molecule has 1 aliphatic heterocycles. The molecule has 17 heavy (non-hydrogen) atoms. The van der Waals surface area contributed by atoms with Gasteiger partial charge in [0.25, 0.3) is 0 Å². The predicted octanol–water partition coefficient (Wildman–Crippen LogP) is 4.02. The molecule has 0 aromatic carbocycles. The van der Waals surface area contributed by atoms with Crippen LogP contribution in [0.4, 0.5) is 0 Å². The van der Waals surface area contributed by atoms with Crippen molar-refractivity contribution in [3.8, 4) is 0 Å². The lowest BCUT2D eigenvalue weighted by Gasteiger charge is -2.34. The molecule has 1 atom stereocenters. The largest absolute Gasteiger partial charge is 0.314 e. The number of piperazine rings is 1. The van der Waals surface area contributed by atoms with Crippen molar-refractivity contribution in [3.05, 3.63) is 19.2 Å².